The minimum Gasteiger partial charge on any atom is -0.462 e. The first-order valence-corrected chi connectivity index (χ1v) is 47.0. The standard InChI is InChI=1S/C85H166O17P2/c1-7-9-11-13-15-17-19-21-23-25-27-29-31-33-35-37-43-49-55-61-67-82(87)95-73-80(101-84(89)69-63-57-51-44-38-36-34-32-30-28-26-24-22-20-18-16-14-12-10-8-2)75-99-103(91,92)97-71-79(86)72-98-104(93,94)100-76-81(102-85(90)70-64-58-52-46-40-42-48-54-60-66-78(5)6)74-96-83(88)68-62-56-50-45-39-41-47-53-59-65-77(3)4/h77-81,86H,7-76H2,1-6H3,(H,91,92)(H,93,94)/t79-,80-,81-/m1/s1. The Hall–Kier alpha value is -1.94. The molecule has 0 rings (SSSR count). The lowest BCUT2D eigenvalue weighted by molar-refractivity contribution is -0.161. The first-order chi connectivity index (χ1) is 50.4. The molecule has 3 N–H and O–H groups in total. The second-order valence-electron chi connectivity index (χ2n) is 31.5. The highest BCUT2D eigenvalue weighted by molar-refractivity contribution is 7.47. The largest absolute Gasteiger partial charge is 0.472 e. The van der Waals surface area contributed by atoms with Crippen molar-refractivity contribution < 1.29 is 80.2 Å². The smallest absolute Gasteiger partial charge is 0.462 e. The number of esters is 4. The summed E-state index contributed by atoms with van der Waals surface area (Å²) in [6.45, 7) is 9.61. The van der Waals surface area contributed by atoms with Gasteiger partial charge in [0.2, 0.25) is 0 Å². The van der Waals surface area contributed by atoms with E-state index in [4.69, 9.17) is 37.0 Å². The number of aliphatic hydroxyl groups excluding tert-OH is 1. The van der Waals surface area contributed by atoms with Crippen LogP contribution in [0, 0.1) is 11.8 Å². The van der Waals surface area contributed by atoms with Crippen LogP contribution in [-0.2, 0) is 65.4 Å². The van der Waals surface area contributed by atoms with Gasteiger partial charge in [-0.2, -0.15) is 0 Å². The summed E-state index contributed by atoms with van der Waals surface area (Å²) in [6.07, 6.45) is 68.2. The lowest BCUT2D eigenvalue weighted by Gasteiger charge is -2.21. The summed E-state index contributed by atoms with van der Waals surface area (Å²) in [7, 11) is -9.93. The van der Waals surface area contributed by atoms with Crippen molar-refractivity contribution in [1.82, 2.24) is 0 Å². The molecule has 618 valence electrons. The van der Waals surface area contributed by atoms with Gasteiger partial charge >= 0.3 is 39.5 Å². The van der Waals surface area contributed by atoms with Gasteiger partial charge in [0.15, 0.2) is 12.2 Å². The number of unbranched alkanes of at least 4 members (excludes halogenated alkanes) is 54. The maximum Gasteiger partial charge on any atom is 0.472 e. The molecule has 0 bridgehead atoms. The molecule has 0 radical (unpaired) electrons. The summed E-state index contributed by atoms with van der Waals surface area (Å²) in [5.74, 6) is -0.626. The summed E-state index contributed by atoms with van der Waals surface area (Å²) in [5.41, 5.74) is 0. The van der Waals surface area contributed by atoms with Crippen molar-refractivity contribution in [2.75, 3.05) is 39.6 Å². The average Bonchev–Trinajstić information content (AvgIpc) is 0.906. The molecule has 0 saturated heterocycles. The van der Waals surface area contributed by atoms with Crippen LogP contribution in [0.15, 0.2) is 0 Å². The number of ether oxygens (including phenoxy) is 4. The van der Waals surface area contributed by atoms with Crippen molar-refractivity contribution in [2.45, 2.75) is 471 Å². The molecule has 5 atom stereocenters. The fraction of sp³-hybridized carbons (Fsp3) is 0.953. The average molecular weight is 1520 g/mol. The molecule has 0 aromatic rings. The number of phosphoric acid groups is 2. The van der Waals surface area contributed by atoms with Crippen LogP contribution in [0.5, 0.6) is 0 Å². The monoisotopic (exact) mass is 1520 g/mol. The van der Waals surface area contributed by atoms with Gasteiger partial charge in [0.25, 0.3) is 0 Å². The third-order valence-corrected chi connectivity index (χ3v) is 21.9. The Morgan fingerprint density at radius 2 is 0.442 bits per heavy atom. The molecule has 0 spiro atoms. The maximum atomic E-state index is 13.1. The van der Waals surface area contributed by atoms with E-state index in [1.165, 1.54) is 270 Å². The molecule has 19 heteroatoms. The van der Waals surface area contributed by atoms with Gasteiger partial charge in [-0.3, -0.25) is 37.3 Å². The van der Waals surface area contributed by atoms with Crippen molar-refractivity contribution in [2.24, 2.45) is 11.8 Å². The number of carbonyl (C=O) groups is 4. The van der Waals surface area contributed by atoms with Crippen molar-refractivity contribution in [1.29, 1.82) is 0 Å². The zero-order valence-electron chi connectivity index (χ0n) is 68.3. The summed E-state index contributed by atoms with van der Waals surface area (Å²) >= 11 is 0. The number of phosphoric ester groups is 2. The molecule has 2 unspecified atom stereocenters. The lowest BCUT2D eigenvalue weighted by Crippen LogP contribution is -2.30. The zero-order valence-corrected chi connectivity index (χ0v) is 70.1. The molecule has 0 amide bonds. The van der Waals surface area contributed by atoms with E-state index in [1.807, 2.05) is 0 Å². The Morgan fingerprint density at radius 3 is 0.654 bits per heavy atom. The van der Waals surface area contributed by atoms with Gasteiger partial charge in [0.1, 0.15) is 19.3 Å². The summed E-state index contributed by atoms with van der Waals surface area (Å²) in [4.78, 5) is 73.2. The molecule has 0 aromatic heterocycles. The van der Waals surface area contributed by atoms with Crippen LogP contribution < -0.4 is 0 Å². The third kappa shape index (κ3) is 78.2. The van der Waals surface area contributed by atoms with Gasteiger partial charge in [-0.05, 0) is 37.5 Å². The van der Waals surface area contributed by atoms with Gasteiger partial charge in [-0.25, -0.2) is 9.13 Å². The number of rotatable bonds is 84. The van der Waals surface area contributed by atoms with Crippen molar-refractivity contribution >= 4 is 39.5 Å². The van der Waals surface area contributed by atoms with Crippen LogP contribution in [0.4, 0.5) is 0 Å². The van der Waals surface area contributed by atoms with Gasteiger partial charge in [-0.15, -0.1) is 0 Å². The predicted octanol–water partition coefficient (Wildman–Crippen LogP) is 25.8. The van der Waals surface area contributed by atoms with E-state index in [1.54, 1.807) is 0 Å². The Morgan fingerprint density at radius 1 is 0.260 bits per heavy atom. The molecule has 104 heavy (non-hydrogen) atoms. The van der Waals surface area contributed by atoms with Crippen LogP contribution >= 0.6 is 15.6 Å². The molecule has 0 aliphatic rings. The molecule has 0 saturated carbocycles. The first kappa shape index (κ1) is 102. The van der Waals surface area contributed by atoms with E-state index in [-0.39, 0.29) is 25.7 Å². The van der Waals surface area contributed by atoms with Gasteiger partial charge in [0, 0.05) is 25.7 Å². The summed E-state index contributed by atoms with van der Waals surface area (Å²) < 4.78 is 68.8. The fourth-order valence-corrected chi connectivity index (χ4v) is 14.8. The lowest BCUT2D eigenvalue weighted by atomic mass is 10.0. The Labute approximate surface area is 638 Å². The van der Waals surface area contributed by atoms with Crippen molar-refractivity contribution in [3.63, 3.8) is 0 Å². The minimum absolute atomic E-state index is 0.105. The first-order valence-electron chi connectivity index (χ1n) is 44.0. The number of hydrogen-bond acceptors (Lipinski definition) is 15. The molecule has 0 aliphatic carbocycles. The maximum absolute atomic E-state index is 13.1. The minimum atomic E-state index is -4.97. The van der Waals surface area contributed by atoms with Crippen LogP contribution in [0.3, 0.4) is 0 Å². The zero-order chi connectivity index (χ0) is 76.4. The van der Waals surface area contributed by atoms with E-state index in [0.717, 1.165) is 102 Å². The van der Waals surface area contributed by atoms with Crippen LogP contribution in [0.25, 0.3) is 0 Å². The summed E-state index contributed by atoms with van der Waals surface area (Å²) in [5, 5.41) is 10.7. The SMILES string of the molecule is CCCCCCCCCCCCCCCCCCCCCCC(=O)OC[C@H](COP(=O)(O)OC[C@@H](O)COP(=O)(O)OC[C@@H](COC(=O)CCCCCCCCCCCC(C)C)OC(=O)CCCCCCCCCCCC(C)C)OC(=O)CCCCCCCCCCCCCCCCCCCCCC. The fourth-order valence-electron chi connectivity index (χ4n) is 13.2. The van der Waals surface area contributed by atoms with Crippen molar-refractivity contribution in [3.05, 3.63) is 0 Å². The Bertz CT molecular complexity index is 1990. The Kier molecular flexibility index (Phi) is 75.0. The molecular weight excluding hydrogens is 1350 g/mol. The van der Waals surface area contributed by atoms with E-state index in [9.17, 15) is 43.2 Å². The van der Waals surface area contributed by atoms with Crippen LogP contribution in [0.1, 0.15) is 452 Å². The predicted molar refractivity (Wildman–Crippen MR) is 428 cm³/mol. The Balaban J connectivity index is 5.22. The highest BCUT2D eigenvalue weighted by Crippen LogP contribution is 2.45. The molecular formula is C85H166O17P2. The van der Waals surface area contributed by atoms with Crippen molar-refractivity contribution in [3.8, 4) is 0 Å². The van der Waals surface area contributed by atoms with E-state index in [2.05, 4.69) is 41.5 Å². The van der Waals surface area contributed by atoms with E-state index < -0.39 is 97.5 Å². The third-order valence-electron chi connectivity index (χ3n) is 20.0. The number of carbonyl (C=O) groups excluding carboxylic acids is 4. The topological polar surface area (TPSA) is 237 Å². The van der Waals surface area contributed by atoms with Crippen LogP contribution in [0.2, 0.25) is 0 Å². The summed E-state index contributed by atoms with van der Waals surface area (Å²) in [6, 6.07) is 0. The molecule has 17 nitrogen and oxygen atoms in total. The quantitative estimate of drug-likeness (QED) is 0.0222. The second-order valence-corrected chi connectivity index (χ2v) is 34.4. The normalized spacial score (nSPS) is 13.8. The molecule has 0 fully saturated rings. The van der Waals surface area contributed by atoms with Gasteiger partial charge < -0.3 is 33.8 Å². The molecule has 0 heterocycles. The molecule has 0 aliphatic heterocycles. The van der Waals surface area contributed by atoms with Gasteiger partial charge in [-0.1, -0.05) is 401 Å². The number of aliphatic hydroxyl groups is 1. The molecule has 0 aromatic carbocycles. The second kappa shape index (κ2) is 76.4. The van der Waals surface area contributed by atoms with Crippen LogP contribution in [-0.4, -0.2) is 96.7 Å². The highest BCUT2D eigenvalue weighted by Gasteiger charge is 2.30. The van der Waals surface area contributed by atoms with E-state index in [0.29, 0.717) is 25.7 Å². The van der Waals surface area contributed by atoms with E-state index >= 15 is 0 Å². The number of hydrogen-bond donors (Lipinski definition) is 3. The van der Waals surface area contributed by atoms with Gasteiger partial charge in [0.05, 0.1) is 26.4 Å². The highest BCUT2D eigenvalue weighted by atomic mass is 31.2.